The highest BCUT2D eigenvalue weighted by molar-refractivity contribution is 5.66. The number of aliphatic carboxylic acids is 1. The van der Waals surface area contributed by atoms with Gasteiger partial charge in [0.15, 0.2) is 0 Å². The normalized spacial score (nSPS) is 9.75. The summed E-state index contributed by atoms with van der Waals surface area (Å²) < 4.78 is 0. The van der Waals surface area contributed by atoms with Gasteiger partial charge in [0.05, 0.1) is 19.6 Å². The molecule has 0 rings (SSSR count). The van der Waals surface area contributed by atoms with Crippen molar-refractivity contribution >= 4 is 5.97 Å². The van der Waals surface area contributed by atoms with Crippen molar-refractivity contribution in [2.75, 3.05) is 26.2 Å². The number of carboxylic acids is 1. The van der Waals surface area contributed by atoms with Crippen LogP contribution in [-0.2, 0) is 4.79 Å². The number of rotatable bonds is 6. The second kappa shape index (κ2) is 6.65. The summed E-state index contributed by atoms with van der Waals surface area (Å²) in [5.74, 6) is 1.55. The maximum atomic E-state index is 10.2. The van der Waals surface area contributed by atoms with Gasteiger partial charge in [0.25, 0.3) is 0 Å². The lowest BCUT2D eigenvalue weighted by Gasteiger charge is -2.16. The summed E-state index contributed by atoms with van der Waals surface area (Å²) in [5.41, 5.74) is 0. The first-order valence-electron chi connectivity index (χ1n) is 3.69. The lowest BCUT2D eigenvalue weighted by Crippen LogP contribution is -2.29. The Kier molecular flexibility index (Phi) is 6.07. The number of carboxylic acid groups (broad SMARTS) is 1. The molecule has 4 nitrogen and oxygen atoms in total. The van der Waals surface area contributed by atoms with E-state index in [1.54, 1.807) is 4.90 Å². The molecule has 0 spiro atoms. The second-order valence-electron chi connectivity index (χ2n) is 2.35. The number of hydrogen-bond donors (Lipinski definition) is 2. The number of aliphatic hydroxyl groups is 1. The van der Waals surface area contributed by atoms with Gasteiger partial charge in [-0.15, -0.1) is 6.42 Å². The summed E-state index contributed by atoms with van der Waals surface area (Å²) in [6.45, 7) is 1.20. The van der Waals surface area contributed by atoms with Crippen LogP contribution in [0.4, 0.5) is 0 Å². The van der Waals surface area contributed by atoms with Gasteiger partial charge < -0.3 is 10.2 Å². The van der Waals surface area contributed by atoms with E-state index < -0.39 is 5.97 Å². The zero-order valence-corrected chi connectivity index (χ0v) is 6.86. The van der Waals surface area contributed by atoms with Crippen LogP contribution in [0.15, 0.2) is 0 Å². The van der Waals surface area contributed by atoms with E-state index in [9.17, 15) is 4.79 Å². The van der Waals surface area contributed by atoms with Gasteiger partial charge in [-0.3, -0.25) is 9.69 Å². The predicted molar refractivity (Wildman–Crippen MR) is 44.6 cm³/mol. The molecule has 2 N–H and O–H groups in total. The molecule has 68 valence electrons. The monoisotopic (exact) mass is 171 g/mol. The Morgan fingerprint density at radius 2 is 2.17 bits per heavy atom. The highest BCUT2D eigenvalue weighted by atomic mass is 16.4. The number of nitrogens with zero attached hydrogens (tertiary/aromatic N) is 1. The Hall–Kier alpha value is -1.05. The van der Waals surface area contributed by atoms with Gasteiger partial charge in [-0.05, 0) is 0 Å². The molecule has 0 aromatic carbocycles. The topological polar surface area (TPSA) is 60.8 Å². The number of carbonyl (C=O) groups is 1. The molecule has 0 aromatic rings. The molecule has 0 fully saturated rings. The van der Waals surface area contributed by atoms with Gasteiger partial charge >= 0.3 is 5.97 Å². The van der Waals surface area contributed by atoms with Crippen LogP contribution >= 0.6 is 0 Å². The van der Waals surface area contributed by atoms with Crippen molar-refractivity contribution in [2.24, 2.45) is 0 Å². The second-order valence-corrected chi connectivity index (χ2v) is 2.35. The molecule has 0 saturated heterocycles. The molecule has 0 aromatic heterocycles. The van der Waals surface area contributed by atoms with Crippen LogP contribution in [0, 0.1) is 12.3 Å². The molecule has 0 bridgehead atoms. The first kappa shape index (κ1) is 11.0. The van der Waals surface area contributed by atoms with Crippen LogP contribution in [-0.4, -0.2) is 47.3 Å². The van der Waals surface area contributed by atoms with E-state index in [1.807, 2.05) is 0 Å². The van der Waals surface area contributed by atoms with Gasteiger partial charge in [0, 0.05) is 13.1 Å². The van der Waals surface area contributed by atoms with E-state index in [0.717, 1.165) is 0 Å². The minimum atomic E-state index is -0.852. The molecule has 0 unspecified atom stereocenters. The molecule has 0 saturated carbocycles. The summed E-state index contributed by atoms with van der Waals surface area (Å²) >= 11 is 0. The average Bonchev–Trinajstić information content (AvgIpc) is 2.01. The Labute approximate surface area is 71.8 Å². The van der Waals surface area contributed by atoms with Crippen molar-refractivity contribution in [3.8, 4) is 12.3 Å². The number of terminal acetylenes is 1. The molecular formula is C8H13NO3. The summed E-state index contributed by atoms with van der Waals surface area (Å²) in [6, 6.07) is 0. The number of aliphatic hydroxyl groups excluding tert-OH is 1. The van der Waals surface area contributed by atoms with Crippen molar-refractivity contribution < 1.29 is 15.0 Å². The van der Waals surface area contributed by atoms with Crippen molar-refractivity contribution in [3.63, 3.8) is 0 Å². The first-order valence-corrected chi connectivity index (χ1v) is 3.69. The van der Waals surface area contributed by atoms with Crippen LogP contribution in [0.2, 0.25) is 0 Å². The van der Waals surface area contributed by atoms with Crippen LogP contribution in [0.25, 0.3) is 0 Å². The molecule has 0 aliphatic rings. The van der Waals surface area contributed by atoms with Crippen molar-refractivity contribution in [1.82, 2.24) is 4.90 Å². The first-order chi connectivity index (χ1) is 5.70. The molecule has 0 aliphatic carbocycles. The van der Waals surface area contributed by atoms with Gasteiger partial charge in [0.2, 0.25) is 0 Å². The molecule has 0 aliphatic heterocycles. The van der Waals surface area contributed by atoms with E-state index in [1.165, 1.54) is 0 Å². The number of hydrogen-bond acceptors (Lipinski definition) is 3. The highest BCUT2D eigenvalue weighted by Gasteiger charge is 2.04. The maximum absolute atomic E-state index is 10.2. The maximum Gasteiger partial charge on any atom is 0.304 e. The minimum Gasteiger partial charge on any atom is -0.481 e. The van der Waals surface area contributed by atoms with Crippen LogP contribution < -0.4 is 0 Å². The van der Waals surface area contributed by atoms with Gasteiger partial charge in [-0.25, -0.2) is 0 Å². The lowest BCUT2D eigenvalue weighted by atomic mass is 10.3. The van der Waals surface area contributed by atoms with E-state index in [0.29, 0.717) is 19.6 Å². The SMILES string of the molecule is C#CCN(CCO)CCC(=O)O. The van der Waals surface area contributed by atoms with Gasteiger partial charge in [-0.2, -0.15) is 0 Å². The fraction of sp³-hybridized carbons (Fsp3) is 0.625. The standard InChI is InChI=1S/C8H13NO3/c1-2-4-9(6-7-10)5-3-8(11)12/h1,10H,3-7H2,(H,11,12). The van der Waals surface area contributed by atoms with Crippen LogP contribution in [0.3, 0.4) is 0 Å². The zero-order valence-electron chi connectivity index (χ0n) is 6.86. The Bertz CT molecular complexity index is 174. The largest absolute Gasteiger partial charge is 0.481 e. The Morgan fingerprint density at radius 3 is 2.58 bits per heavy atom. The quantitative estimate of drug-likeness (QED) is 0.523. The molecule has 0 radical (unpaired) electrons. The van der Waals surface area contributed by atoms with E-state index in [4.69, 9.17) is 16.6 Å². The third-order valence-corrected chi connectivity index (χ3v) is 1.37. The summed E-state index contributed by atoms with van der Waals surface area (Å²) in [5, 5.41) is 16.9. The molecule has 0 atom stereocenters. The summed E-state index contributed by atoms with van der Waals surface area (Å²) in [6.07, 6.45) is 5.10. The average molecular weight is 171 g/mol. The van der Waals surface area contributed by atoms with E-state index >= 15 is 0 Å². The third-order valence-electron chi connectivity index (χ3n) is 1.37. The Balaban J connectivity index is 3.64. The fourth-order valence-electron chi connectivity index (χ4n) is 0.794. The molecular weight excluding hydrogens is 158 g/mol. The molecule has 0 amide bonds. The molecule has 0 heterocycles. The van der Waals surface area contributed by atoms with Crippen molar-refractivity contribution in [3.05, 3.63) is 0 Å². The van der Waals surface area contributed by atoms with Gasteiger partial charge in [0.1, 0.15) is 0 Å². The van der Waals surface area contributed by atoms with Crippen molar-refractivity contribution in [1.29, 1.82) is 0 Å². The van der Waals surface area contributed by atoms with E-state index in [2.05, 4.69) is 5.92 Å². The smallest absolute Gasteiger partial charge is 0.304 e. The predicted octanol–water partition coefficient (Wildman–Crippen LogP) is -0.611. The van der Waals surface area contributed by atoms with Gasteiger partial charge in [-0.1, -0.05) is 5.92 Å². The summed E-state index contributed by atoms with van der Waals surface area (Å²) in [7, 11) is 0. The molecule has 12 heavy (non-hydrogen) atoms. The van der Waals surface area contributed by atoms with Crippen LogP contribution in [0.5, 0.6) is 0 Å². The molecule has 4 heteroatoms. The zero-order chi connectivity index (χ0) is 9.40. The minimum absolute atomic E-state index is 0.00129. The lowest BCUT2D eigenvalue weighted by molar-refractivity contribution is -0.137. The third kappa shape index (κ3) is 5.71. The summed E-state index contributed by atoms with van der Waals surface area (Å²) in [4.78, 5) is 11.9. The highest BCUT2D eigenvalue weighted by Crippen LogP contribution is 1.90. The van der Waals surface area contributed by atoms with E-state index in [-0.39, 0.29) is 13.0 Å². The van der Waals surface area contributed by atoms with Crippen LogP contribution in [0.1, 0.15) is 6.42 Å². The fourth-order valence-corrected chi connectivity index (χ4v) is 0.794. The van der Waals surface area contributed by atoms with Crippen molar-refractivity contribution in [2.45, 2.75) is 6.42 Å². The Morgan fingerprint density at radius 1 is 1.50 bits per heavy atom.